The summed E-state index contributed by atoms with van der Waals surface area (Å²) in [6, 6.07) is 40.5. The zero-order chi connectivity index (χ0) is 23.1. The third kappa shape index (κ3) is 4.12. The minimum atomic E-state index is 1.04. The summed E-state index contributed by atoms with van der Waals surface area (Å²) in [5, 5.41) is 7.74. The molecule has 0 radical (unpaired) electrons. The zero-order valence-corrected chi connectivity index (χ0v) is 23.4. The molecular weight excluding hydrogens is 658 g/mol. The first-order chi connectivity index (χ1) is 16.7. The van der Waals surface area contributed by atoms with E-state index < -0.39 is 0 Å². The molecule has 3 heteroatoms. The Balaban J connectivity index is 1.49. The average Bonchev–Trinajstić information content (AvgIpc) is 2.91. The molecule has 34 heavy (non-hydrogen) atoms. The maximum Gasteiger partial charge on any atom is 0.0247 e. The van der Waals surface area contributed by atoms with Gasteiger partial charge in [-0.25, -0.2) is 0 Å². The fraction of sp³-hybridized carbons (Fsp3) is 0.0323. The summed E-state index contributed by atoms with van der Waals surface area (Å²) in [5.74, 6) is 0. The lowest BCUT2D eigenvalue weighted by Crippen LogP contribution is -1.86. The highest BCUT2D eigenvalue weighted by Gasteiger charge is 2.10. The molecule has 0 aliphatic heterocycles. The summed E-state index contributed by atoms with van der Waals surface area (Å²) >= 11 is 4.77. The lowest BCUT2D eigenvalue weighted by molar-refractivity contribution is 1.49. The number of hydrogen-bond acceptors (Lipinski definition) is 1. The SMILES string of the molecule is ICc1ccc2cc(-c3cccc4c(-c5ccc6cc(SI)ccc6c5)cccc34)ccc2c1. The van der Waals surface area contributed by atoms with Gasteiger partial charge in [0, 0.05) is 30.5 Å². The second-order valence-electron chi connectivity index (χ2n) is 8.54. The van der Waals surface area contributed by atoms with Gasteiger partial charge in [-0.05, 0) is 84.4 Å². The quantitative estimate of drug-likeness (QED) is 0.132. The van der Waals surface area contributed by atoms with Crippen molar-refractivity contribution in [1.29, 1.82) is 0 Å². The summed E-state index contributed by atoms with van der Waals surface area (Å²) < 4.78 is 1.04. The van der Waals surface area contributed by atoms with Crippen LogP contribution in [0.2, 0.25) is 0 Å². The fourth-order valence-electron chi connectivity index (χ4n) is 4.80. The predicted octanol–water partition coefficient (Wildman–Crippen LogP) is 10.9. The molecular formula is C31H20I2S. The van der Waals surface area contributed by atoms with E-state index in [0.717, 1.165) is 4.43 Å². The molecule has 164 valence electrons. The largest absolute Gasteiger partial charge is 0.0812 e. The molecule has 0 fully saturated rings. The Labute approximate surface area is 229 Å². The molecule has 0 unspecified atom stereocenters. The van der Waals surface area contributed by atoms with Crippen LogP contribution in [0.1, 0.15) is 5.56 Å². The monoisotopic (exact) mass is 678 g/mol. The van der Waals surface area contributed by atoms with E-state index in [9.17, 15) is 0 Å². The molecule has 0 aliphatic carbocycles. The molecule has 0 saturated heterocycles. The molecule has 0 amide bonds. The molecule has 0 N–H and O–H groups in total. The van der Waals surface area contributed by atoms with Crippen molar-refractivity contribution in [3.05, 3.63) is 115 Å². The minimum absolute atomic E-state index is 1.04. The maximum atomic E-state index is 2.43. The van der Waals surface area contributed by atoms with Gasteiger partial charge in [0.15, 0.2) is 0 Å². The van der Waals surface area contributed by atoms with Gasteiger partial charge in [-0.15, -0.1) is 0 Å². The van der Waals surface area contributed by atoms with Crippen LogP contribution in [-0.4, -0.2) is 0 Å². The van der Waals surface area contributed by atoms with Crippen LogP contribution in [0.5, 0.6) is 0 Å². The summed E-state index contributed by atoms with van der Waals surface area (Å²) in [4.78, 5) is 1.29. The van der Waals surface area contributed by atoms with Crippen molar-refractivity contribution in [2.75, 3.05) is 0 Å². The van der Waals surface area contributed by atoms with Gasteiger partial charge in [0.05, 0.1) is 0 Å². The number of alkyl halides is 1. The normalized spacial score (nSPS) is 11.5. The van der Waals surface area contributed by atoms with Gasteiger partial charge in [0.25, 0.3) is 0 Å². The van der Waals surface area contributed by atoms with Crippen LogP contribution in [0.3, 0.4) is 0 Å². The van der Waals surface area contributed by atoms with Crippen LogP contribution in [0.4, 0.5) is 0 Å². The predicted molar refractivity (Wildman–Crippen MR) is 167 cm³/mol. The highest BCUT2D eigenvalue weighted by atomic mass is 127. The molecule has 0 aromatic heterocycles. The molecule has 6 rings (SSSR count). The maximum absolute atomic E-state index is 2.43. The van der Waals surface area contributed by atoms with Gasteiger partial charge < -0.3 is 0 Å². The highest BCUT2D eigenvalue weighted by Crippen LogP contribution is 2.37. The van der Waals surface area contributed by atoms with Crippen molar-refractivity contribution in [3.8, 4) is 22.3 Å². The third-order valence-corrected chi connectivity index (χ3v) is 9.34. The van der Waals surface area contributed by atoms with Crippen molar-refractivity contribution >= 4 is 85.0 Å². The molecule has 6 aromatic rings. The molecule has 0 spiro atoms. The van der Waals surface area contributed by atoms with Crippen molar-refractivity contribution in [1.82, 2.24) is 0 Å². The van der Waals surface area contributed by atoms with E-state index in [1.165, 1.54) is 65.0 Å². The average molecular weight is 678 g/mol. The Hall–Kier alpha value is -2.09. The first kappa shape index (κ1) is 22.4. The van der Waals surface area contributed by atoms with E-state index in [2.05, 4.69) is 153 Å². The first-order valence-corrected chi connectivity index (χ1v) is 16.1. The summed E-state index contributed by atoms with van der Waals surface area (Å²) in [7, 11) is 1.76. The van der Waals surface area contributed by atoms with Gasteiger partial charge >= 0.3 is 0 Å². The Bertz CT molecular complexity index is 1560. The molecule has 0 saturated carbocycles. The van der Waals surface area contributed by atoms with E-state index in [4.69, 9.17) is 0 Å². The molecule has 6 aromatic carbocycles. The van der Waals surface area contributed by atoms with Crippen LogP contribution in [0.15, 0.2) is 114 Å². The van der Waals surface area contributed by atoms with Gasteiger partial charge in [0.2, 0.25) is 0 Å². The topological polar surface area (TPSA) is 0 Å². The summed E-state index contributed by atoms with van der Waals surface area (Å²) in [6.45, 7) is 0. The molecule has 0 heterocycles. The van der Waals surface area contributed by atoms with E-state index in [1.807, 2.05) is 0 Å². The second-order valence-corrected chi connectivity index (χ2v) is 11.2. The van der Waals surface area contributed by atoms with E-state index in [1.54, 1.807) is 8.93 Å². The Morgan fingerprint density at radius 3 is 1.65 bits per heavy atom. The number of benzene rings is 6. The molecule has 0 bridgehead atoms. The molecule has 0 aliphatic rings. The van der Waals surface area contributed by atoms with Crippen LogP contribution in [0, 0.1) is 0 Å². The molecule has 0 nitrogen and oxygen atoms in total. The Morgan fingerprint density at radius 1 is 0.529 bits per heavy atom. The fourth-order valence-corrected chi connectivity index (χ4v) is 6.39. The van der Waals surface area contributed by atoms with Crippen molar-refractivity contribution in [2.45, 2.75) is 9.32 Å². The van der Waals surface area contributed by atoms with Crippen LogP contribution in [0.25, 0.3) is 54.6 Å². The smallest absolute Gasteiger partial charge is 0.0247 e. The Morgan fingerprint density at radius 2 is 1.06 bits per heavy atom. The standard InChI is InChI=1S/C31H20I2S/c32-19-20-7-8-22-16-25(11-9-21(22)15-20)28-3-1-6-31-29(4-2-5-30(28)31)26-12-10-24-18-27(34-33)14-13-23(24)17-26/h1-18H,19H2. The third-order valence-electron chi connectivity index (χ3n) is 6.50. The van der Waals surface area contributed by atoms with Gasteiger partial charge in [-0.1, -0.05) is 116 Å². The van der Waals surface area contributed by atoms with Crippen LogP contribution >= 0.6 is 52.7 Å². The Kier molecular flexibility index (Phi) is 6.26. The van der Waals surface area contributed by atoms with E-state index in [-0.39, 0.29) is 0 Å². The number of fused-ring (bicyclic) bond motifs is 3. The lowest BCUT2D eigenvalue weighted by Gasteiger charge is -2.13. The van der Waals surface area contributed by atoms with Crippen molar-refractivity contribution < 1.29 is 0 Å². The zero-order valence-electron chi connectivity index (χ0n) is 18.3. The summed E-state index contributed by atoms with van der Waals surface area (Å²) in [6.07, 6.45) is 0. The number of rotatable bonds is 4. The minimum Gasteiger partial charge on any atom is -0.0812 e. The van der Waals surface area contributed by atoms with Gasteiger partial charge in [-0.3, -0.25) is 0 Å². The second kappa shape index (κ2) is 9.51. The first-order valence-electron chi connectivity index (χ1n) is 11.2. The number of hydrogen-bond donors (Lipinski definition) is 0. The van der Waals surface area contributed by atoms with Crippen LogP contribution in [-0.2, 0) is 4.43 Å². The number of halogens is 2. The van der Waals surface area contributed by atoms with E-state index >= 15 is 0 Å². The molecule has 0 atom stereocenters. The van der Waals surface area contributed by atoms with Crippen molar-refractivity contribution in [2.24, 2.45) is 0 Å². The van der Waals surface area contributed by atoms with Crippen molar-refractivity contribution in [3.63, 3.8) is 0 Å². The van der Waals surface area contributed by atoms with Gasteiger partial charge in [-0.2, -0.15) is 0 Å². The van der Waals surface area contributed by atoms with Crippen LogP contribution < -0.4 is 0 Å². The van der Waals surface area contributed by atoms with E-state index in [0.29, 0.717) is 0 Å². The van der Waals surface area contributed by atoms with Gasteiger partial charge in [0.1, 0.15) is 0 Å². The highest BCUT2D eigenvalue weighted by molar-refractivity contribution is 14.2. The summed E-state index contributed by atoms with van der Waals surface area (Å²) in [5.41, 5.74) is 6.45. The lowest BCUT2D eigenvalue weighted by atomic mass is 9.91.